The van der Waals surface area contributed by atoms with Crippen molar-refractivity contribution in [2.75, 3.05) is 31.9 Å². The number of hydrogen-bond donors (Lipinski definition) is 2. The number of hydrogen-bond acceptors (Lipinski definition) is 7. The number of fused-ring (bicyclic) bond motifs is 1. The van der Waals surface area contributed by atoms with Crippen LogP contribution in [0.1, 0.15) is 61.9 Å². The summed E-state index contributed by atoms with van der Waals surface area (Å²) in [5.74, 6) is -1.52. The van der Waals surface area contributed by atoms with E-state index in [4.69, 9.17) is 25.1 Å². The molecule has 2 aromatic rings. The lowest BCUT2D eigenvalue weighted by atomic mass is 9.71. The van der Waals surface area contributed by atoms with Gasteiger partial charge in [-0.25, -0.2) is 4.79 Å². The molecule has 1 aromatic heterocycles. The molecule has 2 saturated heterocycles. The highest BCUT2D eigenvalue weighted by Gasteiger charge is 2.40. The number of ether oxygens (including phenoxy) is 2. The van der Waals surface area contributed by atoms with E-state index in [1.807, 2.05) is 17.9 Å². The van der Waals surface area contributed by atoms with Crippen LogP contribution in [0.3, 0.4) is 0 Å². The Kier molecular flexibility index (Phi) is 8.48. The van der Waals surface area contributed by atoms with Gasteiger partial charge in [0.2, 0.25) is 5.79 Å². The minimum Gasteiger partial charge on any atom is -0.475 e. The van der Waals surface area contributed by atoms with Crippen molar-refractivity contribution in [3.05, 3.63) is 47.8 Å². The van der Waals surface area contributed by atoms with Crippen molar-refractivity contribution in [3.63, 3.8) is 0 Å². The first kappa shape index (κ1) is 29.4. The van der Waals surface area contributed by atoms with E-state index in [1.54, 1.807) is 18.5 Å². The second kappa shape index (κ2) is 11.5. The van der Waals surface area contributed by atoms with Crippen molar-refractivity contribution in [1.82, 2.24) is 14.8 Å². The van der Waals surface area contributed by atoms with Gasteiger partial charge in [-0.15, -0.1) is 0 Å². The van der Waals surface area contributed by atoms with Crippen LogP contribution in [0.15, 0.2) is 36.7 Å². The number of carboxylic acids is 1. The van der Waals surface area contributed by atoms with Crippen molar-refractivity contribution in [1.29, 1.82) is 0 Å². The number of nitrogens with two attached hydrogens (primary N) is 1. The number of nitrogens with zero attached hydrogens (tertiary/aromatic N) is 3. The Labute approximate surface area is 231 Å². The van der Waals surface area contributed by atoms with Crippen LogP contribution >= 0.6 is 0 Å². The van der Waals surface area contributed by atoms with Crippen molar-refractivity contribution in [3.8, 4) is 11.5 Å². The predicted octanol–water partition coefficient (Wildman–Crippen LogP) is 4.71. The summed E-state index contributed by atoms with van der Waals surface area (Å²) < 4.78 is 44.0. The zero-order valence-corrected chi connectivity index (χ0v) is 22.7. The number of benzene rings is 1. The molecule has 4 heterocycles. The maximum absolute atomic E-state index is 12.9. The zero-order valence-electron chi connectivity index (χ0n) is 22.7. The molecule has 12 heteroatoms. The highest BCUT2D eigenvalue weighted by molar-refractivity contribution is 5.98. The van der Waals surface area contributed by atoms with Gasteiger partial charge in [0.05, 0.1) is 17.4 Å². The normalized spacial score (nSPS) is 22.0. The van der Waals surface area contributed by atoms with E-state index in [1.165, 1.54) is 18.4 Å². The molecule has 40 heavy (non-hydrogen) atoms. The molecule has 9 nitrogen and oxygen atoms in total. The maximum Gasteiger partial charge on any atom is 0.490 e. The van der Waals surface area contributed by atoms with Crippen LogP contribution in [0.5, 0.6) is 11.5 Å². The summed E-state index contributed by atoms with van der Waals surface area (Å²) in [6.07, 6.45) is 3.37. The van der Waals surface area contributed by atoms with E-state index in [9.17, 15) is 18.0 Å². The number of piperidine rings is 2. The second-order valence-corrected chi connectivity index (χ2v) is 10.8. The Bertz CT molecular complexity index is 1220. The lowest BCUT2D eigenvalue weighted by Gasteiger charge is -2.47. The lowest BCUT2D eigenvalue weighted by Crippen LogP contribution is -2.48. The van der Waals surface area contributed by atoms with Gasteiger partial charge < -0.3 is 25.2 Å². The minimum absolute atomic E-state index is 0.0291. The number of carbonyl (C=O) groups excluding carboxylic acids is 1. The Morgan fingerprint density at radius 2 is 1.70 bits per heavy atom. The monoisotopic (exact) mass is 564 g/mol. The number of carboxylic acid groups (broad SMARTS) is 1. The number of pyridine rings is 1. The fourth-order valence-electron chi connectivity index (χ4n) is 5.38. The molecule has 0 radical (unpaired) electrons. The largest absolute Gasteiger partial charge is 0.490 e. The number of anilines is 1. The Hall–Kier alpha value is -3.54. The molecule has 3 aliphatic rings. The van der Waals surface area contributed by atoms with Crippen LogP contribution in [-0.4, -0.2) is 69.9 Å². The van der Waals surface area contributed by atoms with Crippen LogP contribution in [0.2, 0.25) is 0 Å². The predicted molar refractivity (Wildman–Crippen MR) is 141 cm³/mol. The number of halogens is 3. The van der Waals surface area contributed by atoms with Gasteiger partial charge in [-0.2, -0.15) is 13.2 Å². The fourth-order valence-corrected chi connectivity index (χ4v) is 5.38. The highest BCUT2D eigenvalue weighted by Crippen LogP contribution is 2.45. The molecule has 5 rings (SSSR count). The zero-order chi connectivity index (χ0) is 29.1. The van der Waals surface area contributed by atoms with Gasteiger partial charge in [-0.3, -0.25) is 14.7 Å². The SMILES string of the molecule is CCC1(C)Oc2cccc(CN3CCC4(CC3)CCN(C(=O)c3ccncc3N)CC4)c2O1.O=C(O)C(F)(F)F. The second-order valence-electron chi connectivity index (χ2n) is 10.8. The quantitative estimate of drug-likeness (QED) is 0.548. The Balaban J connectivity index is 0.000000470. The van der Waals surface area contributed by atoms with E-state index in [0.717, 1.165) is 63.5 Å². The molecule has 0 bridgehead atoms. The summed E-state index contributed by atoms with van der Waals surface area (Å²) >= 11 is 0. The molecule has 2 fully saturated rings. The molecular formula is C28H35F3N4O5. The summed E-state index contributed by atoms with van der Waals surface area (Å²) in [6.45, 7) is 8.71. The lowest BCUT2D eigenvalue weighted by molar-refractivity contribution is -0.192. The first-order valence-electron chi connectivity index (χ1n) is 13.4. The van der Waals surface area contributed by atoms with Crippen LogP contribution in [0.4, 0.5) is 18.9 Å². The molecule has 1 atom stereocenters. The first-order chi connectivity index (χ1) is 18.8. The average Bonchev–Trinajstić information content (AvgIpc) is 3.28. The highest BCUT2D eigenvalue weighted by atomic mass is 19.4. The molecular weight excluding hydrogens is 529 g/mol. The van der Waals surface area contributed by atoms with Gasteiger partial charge in [0.15, 0.2) is 11.5 Å². The summed E-state index contributed by atoms with van der Waals surface area (Å²) in [7, 11) is 0. The van der Waals surface area contributed by atoms with Crippen LogP contribution < -0.4 is 15.2 Å². The summed E-state index contributed by atoms with van der Waals surface area (Å²) in [6, 6.07) is 7.94. The number of amides is 1. The number of aliphatic carboxylic acids is 1. The number of para-hydroxylation sites is 1. The van der Waals surface area contributed by atoms with E-state index in [-0.39, 0.29) is 5.91 Å². The van der Waals surface area contributed by atoms with E-state index in [0.29, 0.717) is 16.7 Å². The van der Waals surface area contributed by atoms with Crippen molar-refractivity contribution in [2.45, 2.75) is 64.5 Å². The number of alkyl halides is 3. The Morgan fingerprint density at radius 3 is 2.27 bits per heavy atom. The van der Waals surface area contributed by atoms with Gasteiger partial charge >= 0.3 is 12.1 Å². The molecule has 3 N–H and O–H groups in total. The third-order valence-corrected chi connectivity index (χ3v) is 8.09. The minimum atomic E-state index is -5.08. The summed E-state index contributed by atoms with van der Waals surface area (Å²) in [5, 5.41) is 7.12. The third-order valence-electron chi connectivity index (χ3n) is 8.09. The Morgan fingerprint density at radius 1 is 1.07 bits per heavy atom. The van der Waals surface area contributed by atoms with Crippen molar-refractivity contribution < 1.29 is 37.3 Å². The summed E-state index contributed by atoms with van der Waals surface area (Å²) in [5.41, 5.74) is 8.54. The molecule has 1 amide bonds. The number of carbonyl (C=O) groups is 2. The van der Waals surface area contributed by atoms with Crippen molar-refractivity contribution in [2.24, 2.45) is 5.41 Å². The molecule has 1 unspecified atom stereocenters. The third kappa shape index (κ3) is 6.60. The van der Waals surface area contributed by atoms with Gasteiger partial charge in [-0.05, 0) is 56.3 Å². The number of nitrogen functional groups attached to an aromatic ring is 1. The average molecular weight is 565 g/mol. The molecule has 1 spiro atoms. The number of aromatic nitrogens is 1. The molecule has 0 aliphatic carbocycles. The van der Waals surface area contributed by atoms with Crippen molar-refractivity contribution >= 4 is 17.6 Å². The van der Waals surface area contributed by atoms with Crippen LogP contribution in [0, 0.1) is 5.41 Å². The molecule has 3 aliphatic heterocycles. The van der Waals surface area contributed by atoms with Crippen LogP contribution in [0.25, 0.3) is 0 Å². The van der Waals surface area contributed by atoms with E-state index >= 15 is 0 Å². The smallest absolute Gasteiger partial charge is 0.475 e. The molecule has 1 aromatic carbocycles. The van der Waals surface area contributed by atoms with Gasteiger partial charge in [0, 0.05) is 44.7 Å². The van der Waals surface area contributed by atoms with Crippen LogP contribution in [-0.2, 0) is 11.3 Å². The van der Waals surface area contributed by atoms with Gasteiger partial charge in [-0.1, -0.05) is 19.1 Å². The maximum atomic E-state index is 12.9. The molecule has 0 saturated carbocycles. The van der Waals surface area contributed by atoms with E-state index in [2.05, 4.69) is 28.9 Å². The number of rotatable bonds is 4. The number of likely N-dealkylation sites (tertiary alicyclic amines) is 2. The van der Waals surface area contributed by atoms with Gasteiger partial charge in [0.25, 0.3) is 5.91 Å². The van der Waals surface area contributed by atoms with Gasteiger partial charge in [0.1, 0.15) is 0 Å². The summed E-state index contributed by atoms with van der Waals surface area (Å²) in [4.78, 5) is 30.3. The van der Waals surface area contributed by atoms with E-state index < -0.39 is 17.9 Å². The fraction of sp³-hybridized carbons (Fsp3) is 0.536. The topological polar surface area (TPSA) is 118 Å². The molecule has 218 valence electrons. The first-order valence-corrected chi connectivity index (χ1v) is 13.4. The standard InChI is InChI=1S/C26H34N4O3.C2HF3O2/c1-3-25(2)32-22-6-4-5-19(23(22)33-25)18-29-13-8-26(9-14-29)10-15-30(16-11-26)24(31)20-7-12-28-17-21(20)27;3-2(4,5)1(6)7/h4-7,12,17H,3,8-11,13-16,18,27H2,1-2H3;(H,6,7).